The van der Waals surface area contributed by atoms with E-state index in [4.69, 9.17) is 44.3 Å². The maximum Gasteiger partial charge on any atom is 0.258 e. The lowest BCUT2D eigenvalue weighted by Gasteiger charge is -2.10. The molecule has 0 saturated heterocycles. The van der Waals surface area contributed by atoms with Crippen LogP contribution in [0.3, 0.4) is 0 Å². The summed E-state index contributed by atoms with van der Waals surface area (Å²) in [6.45, 7) is 0.492. The Balaban J connectivity index is 1.68. The highest BCUT2D eigenvalue weighted by Gasteiger charge is 2.06. The number of nitrogens with one attached hydrogen (secondary N) is 1. The molecule has 0 fully saturated rings. The Morgan fingerprint density at radius 3 is 2.43 bits per heavy atom. The van der Waals surface area contributed by atoms with Crippen LogP contribution in [0.25, 0.3) is 0 Å². The Bertz CT molecular complexity index is 679. The smallest absolute Gasteiger partial charge is 0.258 e. The molecule has 0 bridgehead atoms. The molecule has 0 aromatic heterocycles. The Morgan fingerprint density at radius 2 is 1.70 bits per heavy atom. The second-order valence-electron chi connectivity index (χ2n) is 4.49. The van der Waals surface area contributed by atoms with Gasteiger partial charge in [0, 0.05) is 5.02 Å². The SMILES string of the molecule is O=C(COc1ccc(Cl)cc1Cl)NCCOc1ccccc1Cl. The molecule has 2 rings (SSSR count). The van der Waals surface area contributed by atoms with E-state index in [2.05, 4.69) is 5.32 Å². The van der Waals surface area contributed by atoms with E-state index < -0.39 is 0 Å². The second-order valence-corrected chi connectivity index (χ2v) is 5.74. The lowest BCUT2D eigenvalue weighted by molar-refractivity contribution is -0.123. The molecule has 2 aromatic carbocycles. The fraction of sp³-hybridized carbons (Fsp3) is 0.188. The van der Waals surface area contributed by atoms with Gasteiger partial charge in [-0.25, -0.2) is 0 Å². The summed E-state index contributed by atoms with van der Waals surface area (Å²) in [5.74, 6) is 0.699. The summed E-state index contributed by atoms with van der Waals surface area (Å²) in [6, 6.07) is 11.9. The summed E-state index contributed by atoms with van der Waals surface area (Å²) in [4.78, 5) is 11.7. The highest BCUT2D eigenvalue weighted by atomic mass is 35.5. The highest BCUT2D eigenvalue weighted by molar-refractivity contribution is 6.35. The van der Waals surface area contributed by atoms with Crippen LogP contribution < -0.4 is 14.8 Å². The molecule has 4 nitrogen and oxygen atoms in total. The average Bonchev–Trinajstić information content (AvgIpc) is 2.52. The van der Waals surface area contributed by atoms with Crippen molar-refractivity contribution in [3.05, 3.63) is 57.5 Å². The molecule has 1 amide bonds. The third-order valence-corrected chi connectivity index (χ3v) is 3.61. The maximum absolute atomic E-state index is 11.7. The number of hydrogen-bond acceptors (Lipinski definition) is 3. The van der Waals surface area contributed by atoms with Crippen molar-refractivity contribution in [1.29, 1.82) is 0 Å². The van der Waals surface area contributed by atoms with Gasteiger partial charge in [0.15, 0.2) is 6.61 Å². The van der Waals surface area contributed by atoms with Crippen LogP contribution >= 0.6 is 34.8 Å². The molecule has 0 atom stereocenters. The maximum atomic E-state index is 11.7. The molecular weight excluding hydrogens is 361 g/mol. The lowest BCUT2D eigenvalue weighted by atomic mass is 10.3. The van der Waals surface area contributed by atoms with Crippen LogP contribution in [0.15, 0.2) is 42.5 Å². The molecule has 0 aliphatic heterocycles. The van der Waals surface area contributed by atoms with Gasteiger partial charge in [-0.3, -0.25) is 4.79 Å². The Hall–Kier alpha value is -1.62. The van der Waals surface area contributed by atoms with Gasteiger partial charge < -0.3 is 14.8 Å². The first-order valence-corrected chi connectivity index (χ1v) is 7.91. The predicted molar refractivity (Wildman–Crippen MR) is 91.9 cm³/mol. The molecule has 0 saturated carbocycles. The first-order valence-electron chi connectivity index (χ1n) is 6.78. The van der Waals surface area contributed by atoms with Crippen LogP contribution in [0.2, 0.25) is 15.1 Å². The zero-order chi connectivity index (χ0) is 16.7. The van der Waals surface area contributed by atoms with Crippen molar-refractivity contribution in [2.24, 2.45) is 0 Å². The number of carbonyl (C=O) groups is 1. The largest absolute Gasteiger partial charge is 0.490 e. The molecule has 1 N–H and O–H groups in total. The molecule has 0 unspecified atom stereocenters. The van der Waals surface area contributed by atoms with Crippen LogP contribution in [-0.4, -0.2) is 25.7 Å². The minimum atomic E-state index is -0.279. The predicted octanol–water partition coefficient (Wildman–Crippen LogP) is 4.22. The molecule has 7 heteroatoms. The van der Waals surface area contributed by atoms with Gasteiger partial charge in [0.05, 0.1) is 16.6 Å². The summed E-state index contributed by atoms with van der Waals surface area (Å²) < 4.78 is 10.8. The third kappa shape index (κ3) is 5.82. The molecule has 122 valence electrons. The molecule has 2 aromatic rings. The van der Waals surface area contributed by atoms with E-state index in [1.165, 1.54) is 0 Å². The molecule has 23 heavy (non-hydrogen) atoms. The Labute approximate surface area is 149 Å². The number of benzene rings is 2. The van der Waals surface area contributed by atoms with E-state index in [1.54, 1.807) is 30.3 Å². The van der Waals surface area contributed by atoms with Crippen LogP contribution in [0.1, 0.15) is 0 Å². The summed E-state index contributed by atoms with van der Waals surface area (Å²) in [7, 11) is 0. The Kier molecular flexibility index (Phi) is 6.84. The van der Waals surface area contributed by atoms with Crippen LogP contribution in [0.5, 0.6) is 11.5 Å². The van der Waals surface area contributed by atoms with Gasteiger partial charge in [0.1, 0.15) is 18.1 Å². The number of halogens is 3. The normalized spacial score (nSPS) is 10.2. The number of carbonyl (C=O) groups excluding carboxylic acids is 1. The van der Waals surface area contributed by atoms with E-state index >= 15 is 0 Å². The van der Waals surface area contributed by atoms with Crippen LogP contribution in [0, 0.1) is 0 Å². The number of amides is 1. The zero-order valence-electron chi connectivity index (χ0n) is 12.0. The molecule has 0 heterocycles. The van der Waals surface area contributed by atoms with Crippen LogP contribution in [0.4, 0.5) is 0 Å². The summed E-state index contributed by atoms with van der Waals surface area (Å²) in [6.07, 6.45) is 0. The summed E-state index contributed by atoms with van der Waals surface area (Å²) in [5.41, 5.74) is 0. The third-order valence-electron chi connectivity index (χ3n) is 2.77. The van der Waals surface area contributed by atoms with Crippen molar-refractivity contribution >= 4 is 40.7 Å². The molecule has 0 radical (unpaired) electrons. The van der Waals surface area contributed by atoms with Gasteiger partial charge in [-0.2, -0.15) is 0 Å². The van der Waals surface area contributed by atoms with Gasteiger partial charge in [-0.1, -0.05) is 46.9 Å². The van der Waals surface area contributed by atoms with E-state index in [-0.39, 0.29) is 12.5 Å². The summed E-state index contributed by atoms with van der Waals surface area (Å²) >= 11 is 17.7. The minimum absolute atomic E-state index is 0.145. The lowest BCUT2D eigenvalue weighted by Crippen LogP contribution is -2.32. The van der Waals surface area contributed by atoms with E-state index in [0.29, 0.717) is 39.7 Å². The highest BCUT2D eigenvalue weighted by Crippen LogP contribution is 2.27. The van der Waals surface area contributed by atoms with Gasteiger partial charge in [-0.15, -0.1) is 0 Å². The zero-order valence-corrected chi connectivity index (χ0v) is 14.3. The van der Waals surface area contributed by atoms with Crippen molar-refractivity contribution in [2.75, 3.05) is 19.8 Å². The number of para-hydroxylation sites is 1. The fourth-order valence-corrected chi connectivity index (χ4v) is 2.35. The molecule has 0 aliphatic rings. The van der Waals surface area contributed by atoms with Gasteiger partial charge in [0.2, 0.25) is 0 Å². The monoisotopic (exact) mass is 373 g/mol. The number of ether oxygens (including phenoxy) is 2. The van der Waals surface area contributed by atoms with E-state index in [9.17, 15) is 4.79 Å². The topological polar surface area (TPSA) is 47.6 Å². The quantitative estimate of drug-likeness (QED) is 0.738. The van der Waals surface area contributed by atoms with Gasteiger partial charge in [-0.05, 0) is 30.3 Å². The van der Waals surface area contributed by atoms with Crippen molar-refractivity contribution in [3.63, 3.8) is 0 Å². The summed E-state index contributed by atoms with van der Waals surface area (Å²) in [5, 5.41) is 4.06. The standard InChI is InChI=1S/C16H14Cl3NO3/c17-11-5-6-15(13(19)9-11)23-10-16(21)20-7-8-22-14-4-2-1-3-12(14)18/h1-6,9H,7-8,10H2,(H,20,21). The van der Waals surface area contributed by atoms with E-state index in [0.717, 1.165) is 0 Å². The molecule has 0 spiro atoms. The average molecular weight is 375 g/mol. The van der Waals surface area contributed by atoms with Crippen LogP contribution in [-0.2, 0) is 4.79 Å². The van der Waals surface area contributed by atoms with Gasteiger partial charge in [0.25, 0.3) is 5.91 Å². The van der Waals surface area contributed by atoms with Crippen molar-refractivity contribution in [3.8, 4) is 11.5 Å². The van der Waals surface area contributed by atoms with Gasteiger partial charge >= 0.3 is 0 Å². The van der Waals surface area contributed by atoms with E-state index in [1.807, 2.05) is 12.1 Å². The molecular formula is C16H14Cl3NO3. The van der Waals surface area contributed by atoms with Crippen molar-refractivity contribution in [1.82, 2.24) is 5.32 Å². The minimum Gasteiger partial charge on any atom is -0.490 e. The van der Waals surface area contributed by atoms with Crippen molar-refractivity contribution in [2.45, 2.75) is 0 Å². The fourth-order valence-electron chi connectivity index (χ4n) is 1.70. The Morgan fingerprint density at radius 1 is 0.957 bits per heavy atom. The first kappa shape index (κ1) is 17.7. The number of rotatable bonds is 7. The van der Waals surface area contributed by atoms with Crippen molar-refractivity contribution < 1.29 is 14.3 Å². The number of hydrogen-bond donors (Lipinski definition) is 1. The first-order chi connectivity index (χ1) is 11.1. The molecule has 0 aliphatic carbocycles. The second kappa shape index (κ2) is 8.87.